The average molecular weight is 208 g/mol. The molecule has 0 aromatic carbocycles. The molecule has 4 nitrogen and oxygen atoms in total. The van der Waals surface area contributed by atoms with Crippen LogP contribution in [0.25, 0.3) is 0 Å². The fourth-order valence-corrected chi connectivity index (χ4v) is 1.65. The van der Waals surface area contributed by atoms with Crippen molar-refractivity contribution in [3.05, 3.63) is 23.4 Å². The molecule has 2 atom stereocenters. The predicted molar refractivity (Wildman–Crippen MR) is 58.6 cm³/mol. The van der Waals surface area contributed by atoms with Gasteiger partial charge in [0, 0.05) is 11.8 Å². The Kier molecular flexibility index (Phi) is 3.29. The van der Waals surface area contributed by atoms with Crippen LogP contribution in [0.5, 0.6) is 0 Å². The minimum Gasteiger partial charge on any atom is -0.481 e. The summed E-state index contributed by atoms with van der Waals surface area (Å²) in [6, 6.07) is 1.84. The van der Waals surface area contributed by atoms with E-state index in [1.54, 1.807) is 13.1 Å². The maximum atomic E-state index is 10.9. The van der Waals surface area contributed by atoms with Crippen molar-refractivity contribution in [2.75, 3.05) is 5.73 Å². The molecule has 0 amide bonds. The lowest BCUT2D eigenvalue weighted by Crippen LogP contribution is -2.19. The first-order chi connectivity index (χ1) is 6.95. The summed E-state index contributed by atoms with van der Waals surface area (Å²) in [6.07, 6.45) is 1.63. The van der Waals surface area contributed by atoms with Crippen molar-refractivity contribution in [1.29, 1.82) is 0 Å². The van der Waals surface area contributed by atoms with Crippen LogP contribution in [-0.4, -0.2) is 16.1 Å². The third kappa shape index (κ3) is 2.26. The number of rotatable bonds is 3. The quantitative estimate of drug-likeness (QED) is 0.794. The van der Waals surface area contributed by atoms with Crippen molar-refractivity contribution in [2.45, 2.75) is 26.7 Å². The number of pyridine rings is 1. The largest absolute Gasteiger partial charge is 0.481 e. The van der Waals surface area contributed by atoms with Crippen molar-refractivity contribution >= 4 is 11.8 Å². The van der Waals surface area contributed by atoms with Crippen molar-refractivity contribution in [2.24, 2.45) is 5.92 Å². The summed E-state index contributed by atoms with van der Waals surface area (Å²) in [7, 11) is 0. The SMILES string of the molecule is Cc1ccnc(N)c1C(C)C(C)C(=O)O. The van der Waals surface area contributed by atoms with Gasteiger partial charge in [0.1, 0.15) is 5.82 Å². The van der Waals surface area contributed by atoms with Gasteiger partial charge in [0.05, 0.1) is 5.92 Å². The maximum absolute atomic E-state index is 10.9. The number of hydrogen-bond donors (Lipinski definition) is 2. The van der Waals surface area contributed by atoms with Gasteiger partial charge in [-0.05, 0) is 24.5 Å². The number of carboxylic acid groups (broad SMARTS) is 1. The Hall–Kier alpha value is -1.58. The summed E-state index contributed by atoms with van der Waals surface area (Å²) < 4.78 is 0. The maximum Gasteiger partial charge on any atom is 0.306 e. The number of aliphatic carboxylic acids is 1. The van der Waals surface area contributed by atoms with Crippen molar-refractivity contribution in [1.82, 2.24) is 4.98 Å². The highest BCUT2D eigenvalue weighted by Crippen LogP contribution is 2.30. The summed E-state index contributed by atoms with van der Waals surface area (Å²) >= 11 is 0. The van der Waals surface area contributed by atoms with Crippen molar-refractivity contribution in [3.63, 3.8) is 0 Å². The van der Waals surface area contributed by atoms with E-state index in [4.69, 9.17) is 10.8 Å². The van der Waals surface area contributed by atoms with Gasteiger partial charge in [0.2, 0.25) is 0 Å². The number of hydrogen-bond acceptors (Lipinski definition) is 3. The molecular weight excluding hydrogens is 192 g/mol. The molecular formula is C11H16N2O2. The number of carbonyl (C=O) groups is 1. The molecule has 3 N–H and O–H groups in total. The van der Waals surface area contributed by atoms with Crippen LogP contribution >= 0.6 is 0 Å². The van der Waals surface area contributed by atoms with Crippen molar-refractivity contribution in [3.8, 4) is 0 Å². The van der Waals surface area contributed by atoms with Crippen LogP contribution < -0.4 is 5.73 Å². The monoisotopic (exact) mass is 208 g/mol. The average Bonchev–Trinajstić information content (AvgIpc) is 2.15. The number of carboxylic acids is 1. The Bertz CT molecular complexity index is 357. The lowest BCUT2D eigenvalue weighted by Gasteiger charge is -2.19. The molecule has 0 saturated heterocycles. The molecule has 0 fully saturated rings. The first-order valence-corrected chi connectivity index (χ1v) is 4.89. The fraction of sp³-hybridized carbons (Fsp3) is 0.455. The molecule has 0 aliphatic carbocycles. The van der Waals surface area contributed by atoms with Gasteiger partial charge in [-0.3, -0.25) is 4.79 Å². The minimum atomic E-state index is -0.815. The topological polar surface area (TPSA) is 76.2 Å². The highest BCUT2D eigenvalue weighted by Gasteiger charge is 2.24. The Morgan fingerprint density at radius 2 is 2.13 bits per heavy atom. The molecule has 0 spiro atoms. The molecule has 0 aliphatic rings. The molecule has 0 bridgehead atoms. The van der Waals surface area contributed by atoms with Gasteiger partial charge in [-0.2, -0.15) is 0 Å². The predicted octanol–water partition coefficient (Wildman–Crippen LogP) is 1.80. The molecule has 1 heterocycles. The van der Waals surface area contributed by atoms with Crippen LogP contribution in [0.2, 0.25) is 0 Å². The van der Waals surface area contributed by atoms with Gasteiger partial charge in [-0.25, -0.2) is 4.98 Å². The molecule has 15 heavy (non-hydrogen) atoms. The Morgan fingerprint density at radius 3 is 2.60 bits per heavy atom. The standard InChI is InChI=1S/C11H16N2O2/c1-6-4-5-13-10(12)9(6)7(2)8(3)11(14)15/h4-5,7-8H,1-3H3,(H2,12,13)(H,14,15). The molecule has 1 rings (SSSR count). The molecule has 1 aromatic rings. The minimum absolute atomic E-state index is 0.129. The van der Waals surface area contributed by atoms with Crippen LogP contribution in [0.1, 0.15) is 30.9 Å². The second-order valence-electron chi connectivity index (χ2n) is 3.84. The van der Waals surface area contributed by atoms with E-state index in [-0.39, 0.29) is 5.92 Å². The number of nitrogen functional groups attached to an aromatic ring is 1. The number of anilines is 1. The first kappa shape index (κ1) is 11.5. The van der Waals surface area contributed by atoms with Gasteiger partial charge >= 0.3 is 5.97 Å². The zero-order valence-corrected chi connectivity index (χ0v) is 9.19. The van der Waals surface area contributed by atoms with E-state index in [9.17, 15) is 4.79 Å². The molecule has 4 heteroatoms. The second kappa shape index (κ2) is 4.29. The van der Waals surface area contributed by atoms with E-state index in [0.29, 0.717) is 5.82 Å². The fourth-order valence-electron chi connectivity index (χ4n) is 1.65. The summed E-state index contributed by atoms with van der Waals surface area (Å²) in [5, 5.41) is 8.93. The van der Waals surface area contributed by atoms with Gasteiger partial charge in [-0.15, -0.1) is 0 Å². The first-order valence-electron chi connectivity index (χ1n) is 4.89. The number of aromatic nitrogens is 1. The molecule has 1 aromatic heterocycles. The van der Waals surface area contributed by atoms with Crippen LogP contribution in [0.4, 0.5) is 5.82 Å². The summed E-state index contributed by atoms with van der Waals surface area (Å²) in [5.41, 5.74) is 7.59. The Balaban J connectivity index is 3.10. The summed E-state index contributed by atoms with van der Waals surface area (Å²) in [5.74, 6) is -0.979. The lowest BCUT2D eigenvalue weighted by atomic mass is 9.87. The number of aryl methyl sites for hydroxylation is 1. The second-order valence-corrected chi connectivity index (χ2v) is 3.84. The smallest absolute Gasteiger partial charge is 0.306 e. The van der Waals surface area contributed by atoms with Gasteiger partial charge in [-0.1, -0.05) is 13.8 Å². The highest BCUT2D eigenvalue weighted by molar-refractivity contribution is 5.71. The molecule has 0 saturated carbocycles. The summed E-state index contributed by atoms with van der Waals surface area (Å²) in [6.45, 7) is 5.45. The van der Waals surface area contributed by atoms with E-state index in [1.165, 1.54) is 0 Å². The molecule has 82 valence electrons. The number of nitrogens with zero attached hydrogens (tertiary/aromatic N) is 1. The normalized spacial score (nSPS) is 14.6. The van der Waals surface area contributed by atoms with E-state index < -0.39 is 11.9 Å². The van der Waals surface area contributed by atoms with Crippen LogP contribution in [-0.2, 0) is 4.79 Å². The van der Waals surface area contributed by atoms with Crippen LogP contribution in [0.15, 0.2) is 12.3 Å². The summed E-state index contributed by atoms with van der Waals surface area (Å²) in [4.78, 5) is 14.9. The highest BCUT2D eigenvalue weighted by atomic mass is 16.4. The van der Waals surface area contributed by atoms with Gasteiger partial charge in [0.15, 0.2) is 0 Å². The zero-order chi connectivity index (χ0) is 11.6. The Morgan fingerprint density at radius 1 is 1.53 bits per heavy atom. The molecule has 0 aliphatic heterocycles. The van der Waals surface area contributed by atoms with E-state index in [0.717, 1.165) is 11.1 Å². The third-order valence-corrected chi connectivity index (χ3v) is 2.83. The van der Waals surface area contributed by atoms with Gasteiger partial charge < -0.3 is 10.8 Å². The third-order valence-electron chi connectivity index (χ3n) is 2.83. The molecule has 2 unspecified atom stereocenters. The Labute approximate surface area is 89.1 Å². The van der Waals surface area contributed by atoms with E-state index in [1.807, 2.05) is 19.9 Å². The zero-order valence-electron chi connectivity index (χ0n) is 9.19. The van der Waals surface area contributed by atoms with Crippen LogP contribution in [0.3, 0.4) is 0 Å². The number of nitrogens with two attached hydrogens (primary N) is 1. The van der Waals surface area contributed by atoms with Gasteiger partial charge in [0.25, 0.3) is 0 Å². The molecule has 0 radical (unpaired) electrons. The van der Waals surface area contributed by atoms with E-state index in [2.05, 4.69) is 4.98 Å². The van der Waals surface area contributed by atoms with Crippen molar-refractivity contribution < 1.29 is 9.90 Å². The van der Waals surface area contributed by atoms with Crippen LogP contribution in [0, 0.1) is 12.8 Å². The lowest BCUT2D eigenvalue weighted by molar-refractivity contribution is -0.141. The van der Waals surface area contributed by atoms with E-state index >= 15 is 0 Å².